The molecule has 1 amide bonds. The summed E-state index contributed by atoms with van der Waals surface area (Å²) >= 11 is 0. The molecule has 138 valence electrons. The maximum absolute atomic E-state index is 12.4. The van der Waals surface area contributed by atoms with E-state index in [1.807, 2.05) is 0 Å². The van der Waals surface area contributed by atoms with E-state index in [9.17, 15) is 14.4 Å². The molecule has 8 heteroatoms. The van der Waals surface area contributed by atoms with Crippen molar-refractivity contribution >= 4 is 29.2 Å². The molecule has 1 aliphatic rings. The van der Waals surface area contributed by atoms with Gasteiger partial charge in [0, 0.05) is 23.4 Å². The molecule has 1 aromatic carbocycles. The van der Waals surface area contributed by atoms with Gasteiger partial charge in [0.1, 0.15) is 11.5 Å². The van der Waals surface area contributed by atoms with Gasteiger partial charge in [0.2, 0.25) is 0 Å². The zero-order chi connectivity index (χ0) is 19.6. The molecule has 0 saturated heterocycles. The molecule has 3 rings (SSSR count). The summed E-state index contributed by atoms with van der Waals surface area (Å²) < 4.78 is 0. The fourth-order valence-corrected chi connectivity index (χ4v) is 3.10. The van der Waals surface area contributed by atoms with E-state index in [2.05, 4.69) is 10.3 Å². The van der Waals surface area contributed by atoms with Crippen LogP contribution in [-0.4, -0.2) is 33.6 Å². The van der Waals surface area contributed by atoms with Crippen LogP contribution in [0, 0.1) is 11.3 Å². The number of hydrogen-bond acceptors (Lipinski definition) is 5. The molecule has 1 atom stereocenters. The number of nitrogens with one attached hydrogen (secondary N) is 2. The van der Waals surface area contributed by atoms with Gasteiger partial charge in [0.25, 0.3) is 5.91 Å². The molecule has 1 aromatic heterocycles. The molecule has 0 bridgehead atoms. The fourth-order valence-electron chi connectivity index (χ4n) is 3.10. The number of carboxylic acid groups (broad SMARTS) is 1. The average molecular weight is 366 g/mol. The van der Waals surface area contributed by atoms with E-state index < -0.39 is 11.9 Å². The lowest BCUT2D eigenvalue weighted by atomic mass is 9.81. The molecular weight excluding hydrogens is 348 g/mol. The van der Waals surface area contributed by atoms with Gasteiger partial charge < -0.3 is 16.2 Å². The Morgan fingerprint density at radius 2 is 2.07 bits per heavy atom. The number of nitrogens with zero attached hydrogens (tertiary/aromatic N) is 1. The van der Waals surface area contributed by atoms with Crippen molar-refractivity contribution in [1.29, 1.82) is 5.41 Å². The number of amides is 1. The Bertz CT molecular complexity index is 937. The van der Waals surface area contributed by atoms with Crippen LogP contribution >= 0.6 is 0 Å². The van der Waals surface area contributed by atoms with Crippen LogP contribution in [0.1, 0.15) is 44.8 Å². The van der Waals surface area contributed by atoms with Crippen molar-refractivity contribution in [3.8, 4) is 0 Å². The Hall–Kier alpha value is -3.55. The summed E-state index contributed by atoms with van der Waals surface area (Å²) in [6, 6.07) is 8.00. The highest BCUT2D eigenvalue weighted by molar-refractivity contribution is 6.06. The lowest BCUT2D eigenvalue weighted by Gasteiger charge is -2.22. The number of nitrogens with two attached hydrogens (primary N) is 1. The van der Waals surface area contributed by atoms with Crippen molar-refractivity contribution in [2.45, 2.75) is 19.3 Å². The number of benzene rings is 1. The molecule has 5 N–H and O–H groups in total. The molecule has 1 heterocycles. The first-order chi connectivity index (χ1) is 12.8. The summed E-state index contributed by atoms with van der Waals surface area (Å²) in [5.74, 6) is -2.20. The number of rotatable bonds is 5. The SMILES string of the molecule is N=C(N)c1ccc(C(=O)Nc2ccc3c(c2)CCC(CC(=O)O)C3=O)cn1. The number of carbonyl (C=O) groups is 3. The van der Waals surface area contributed by atoms with Gasteiger partial charge in [-0.3, -0.25) is 24.8 Å². The maximum Gasteiger partial charge on any atom is 0.304 e. The van der Waals surface area contributed by atoms with Crippen LogP contribution in [0.3, 0.4) is 0 Å². The number of nitrogen functional groups attached to an aromatic ring is 1. The molecule has 27 heavy (non-hydrogen) atoms. The predicted molar refractivity (Wildman–Crippen MR) is 98.0 cm³/mol. The number of carbonyl (C=O) groups excluding carboxylic acids is 2. The molecule has 2 aromatic rings. The quantitative estimate of drug-likeness (QED) is 0.469. The van der Waals surface area contributed by atoms with Crippen LogP contribution in [0.5, 0.6) is 0 Å². The van der Waals surface area contributed by atoms with E-state index in [0.717, 1.165) is 5.56 Å². The molecule has 0 fully saturated rings. The number of pyridine rings is 1. The highest BCUT2D eigenvalue weighted by atomic mass is 16.4. The molecule has 1 aliphatic carbocycles. The molecule has 0 spiro atoms. The van der Waals surface area contributed by atoms with Crippen molar-refractivity contribution in [2.75, 3.05) is 5.32 Å². The Morgan fingerprint density at radius 3 is 2.70 bits per heavy atom. The minimum absolute atomic E-state index is 0.166. The number of ketones is 1. The highest BCUT2D eigenvalue weighted by Gasteiger charge is 2.29. The van der Waals surface area contributed by atoms with E-state index >= 15 is 0 Å². The van der Waals surface area contributed by atoms with Gasteiger partial charge in [0.15, 0.2) is 5.78 Å². The van der Waals surface area contributed by atoms with E-state index in [1.165, 1.54) is 18.3 Å². The summed E-state index contributed by atoms with van der Waals surface area (Å²) in [5.41, 5.74) is 7.79. The summed E-state index contributed by atoms with van der Waals surface area (Å²) in [6.45, 7) is 0. The summed E-state index contributed by atoms with van der Waals surface area (Å²) in [4.78, 5) is 39.6. The highest BCUT2D eigenvalue weighted by Crippen LogP contribution is 2.29. The second kappa shape index (κ2) is 7.36. The van der Waals surface area contributed by atoms with Crippen LogP contribution in [0.2, 0.25) is 0 Å². The molecule has 1 unspecified atom stereocenters. The minimum atomic E-state index is -0.981. The van der Waals surface area contributed by atoms with Gasteiger partial charge >= 0.3 is 5.97 Å². The van der Waals surface area contributed by atoms with Gasteiger partial charge in [-0.2, -0.15) is 0 Å². The number of Topliss-reactive ketones (excluding diaryl/α,β-unsaturated/α-hetero) is 1. The van der Waals surface area contributed by atoms with Crippen LogP contribution in [0.15, 0.2) is 36.5 Å². The first kappa shape index (κ1) is 18.2. The third-order valence-corrected chi connectivity index (χ3v) is 4.48. The van der Waals surface area contributed by atoms with Crippen LogP contribution in [0.4, 0.5) is 5.69 Å². The summed E-state index contributed by atoms with van der Waals surface area (Å²) in [5, 5.41) is 19.0. The van der Waals surface area contributed by atoms with Crippen LogP contribution in [-0.2, 0) is 11.2 Å². The molecule has 0 saturated carbocycles. The van der Waals surface area contributed by atoms with Crippen molar-refractivity contribution < 1.29 is 19.5 Å². The second-order valence-corrected chi connectivity index (χ2v) is 6.37. The Morgan fingerprint density at radius 1 is 1.30 bits per heavy atom. The van der Waals surface area contributed by atoms with Gasteiger partial charge in [0.05, 0.1) is 12.0 Å². The lowest BCUT2D eigenvalue weighted by Crippen LogP contribution is -2.25. The van der Waals surface area contributed by atoms with Gasteiger partial charge in [-0.25, -0.2) is 0 Å². The second-order valence-electron chi connectivity index (χ2n) is 6.37. The monoisotopic (exact) mass is 366 g/mol. The maximum atomic E-state index is 12.4. The van der Waals surface area contributed by atoms with Gasteiger partial charge in [-0.1, -0.05) is 0 Å². The van der Waals surface area contributed by atoms with E-state index in [4.69, 9.17) is 16.2 Å². The van der Waals surface area contributed by atoms with Crippen LogP contribution in [0.25, 0.3) is 0 Å². The first-order valence-electron chi connectivity index (χ1n) is 8.36. The molecule has 0 aliphatic heterocycles. The van der Waals surface area contributed by atoms with Crippen molar-refractivity contribution in [1.82, 2.24) is 4.98 Å². The Labute approximate surface area is 154 Å². The molecule has 8 nitrogen and oxygen atoms in total. The first-order valence-corrected chi connectivity index (χ1v) is 8.36. The van der Waals surface area contributed by atoms with Crippen molar-refractivity contribution in [3.63, 3.8) is 0 Å². The zero-order valence-electron chi connectivity index (χ0n) is 14.4. The number of aryl methyl sites for hydroxylation is 1. The number of carboxylic acids is 1. The van der Waals surface area contributed by atoms with Gasteiger partial charge in [-0.05, 0) is 48.7 Å². The lowest BCUT2D eigenvalue weighted by molar-refractivity contribution is -0.137. The third-order valence-electron chi connectivity index (χ3n) is 4.48. The third kappa shape index (κ3) is 4.00. The predicted octanol–water partition coefficient (Wildman–Crippen LogP) is 1.84. The van der Waals surface area contributed by atoms with Gasteiger partial charge in [-0.15, -0.1) is 0 Å². The number of hydrogen-bond donors (Lipinski definition) is 4. The van der Waals surface area contributed by atoms with E-state index in [1.54, 1.807) is 18.2 Å². The number of aliphatic carboxylic acids is 1. The number of amidine groups is 1. The standard InChI is InChI=1S/C19H18N4O4/c20-18(21)15-6-3-12(9-22-15)19(27)23-13-4-5-14-10(7-13)1-2-11(17(14)26)8-16(24)25/h3-7,9,11H,1-2,8H2,(H3,20,21)(H,23,27)(H,24,25). The minimum Gasteiger partial charge on any atom is -0.481 e. The van der Waals surface area contributed by atoms with E-state index in [0.29, 0.717) is 29.7 Å². The zero-order valence-corrected chi connectivity index (χ0v) is 14.4. The largest absolute Gasteiger partial charge is 0.481 e. The number of fused-ring (bicyclic) bond motifs is 1. The molecular formula is C19H18N4O4. The van der Waals surface area contributed by atoms with Crippen molar-refractivity contribution in [2.24, 2.45) is 11.7 Å². The number of aromatic nitrogens is 1. The average Bonchev–Trinajstić information content (AvgIpc) is 2.64. The Kier molecular flexibility index (Phi) is 4.98. The topological polar surface area (TPSA) is 146 Å². The normalized spacial score (nSPS) is 15.7. The Balaban J connectivity index is 1.74. The fraction of sp³-hybridized carbons (Fsp3) is 0.211. The van der Waals surface area contributed by atoms with Crippen LogP contribution < -0.4 is 11.1 Å². The van der Waals surface area contributed by atoms with Crippen molar-refractivity contribution in [3.05, 3.63) is 58.9 Å². The smallest absolute Gasteiger partial charge is 0.304 e. The molecule has 0 radical (unpaired) electrons. The summed E-state index contributed by atoms with van der Waals surface area (Å²) in [7, 11) is 0. The number of anilines is 1. The summed E-state index contributed by atoms with van der Waals surface area (Å²) in [6.07, 6.45) is 2.23. The van der Waals surface area contributed by atoms with E-state index in [-0.39, 0.29) is 29.6 Å².